The maximum Gasteiger partial charge on any atom is 0.434 e. The SMILES string of the molecule is Cc1ncc(C(F)(F)F)nc1N1CCC2(CCN(C(=O)O)CC2)C1. The Hall–Kier alpha value is -2.06. The lowest BCUT2D eigenvalue weighted by molar-refractivity contribution is -0.141. The minimum Gasteiger partial charge on any atom is -0.465 e. The Morgan fingerprint density at radius 3 is 2.46 bits per heavy atom. The molecule has 24 heavy (non-hydrogen) atoms. The average Bonchev–Trinajstić information content (AvgIpc) is 2.90. The number of hydrogen-bond acceptors (Lipinski definition) is 4. The van der Waals surface area contributed by atoms with E-state index in [0.29, 0.717) is 31.9 Å². The molecule has 0 atom stereocenters. The molecule has 3 heterocycles. The number of carbonyl (C=O) groups is 1. The summed E-state index contributed by atoms with van der Waals surface area (Å²) in [5.41, 5.74) is -0.554. The van der Waals surface area contributed by atoms with Crippen LogP contribution in [0.3, 0.4) is 0 Å². The van der Waals surface area contributed by atoms with Gasteiger partial charge in [0.15, 0.2) is 11.5 Å². The van der Waals surface area contributed by atoms with Crippen LogP contribution < -0.4 is 4.90 Å². The molecule has 1 amide bonds. The van der Waals surface area contributed by atoms with Crippen molar-refractivity contribution in [2.75, 3.05) is 31.1 Å². The second-order valence-corrected chi connectivity index (χ2v) is 6.60. The van der Waals surface area contributed by atoms with Gasteiger partial charge in [-0.05, 0) is 31.6 Å². The van der Waals surface area contributed by atoms with E-state index in [9.17, 15) is 18.0 Å². The van der Waals surface area contributed by atoms with Gasteiger partial charge >= 0.3 is 12.3 Å². The molecule has 9 heteroatoms. The highest BCUT2D eigenvalue weighted by Crippen LogP contribution is 2.42. The van der Waals surface area contributed by atoms with Crippen molar-refractivity contribution >= 4 is 11.9 Å². The molecule has 0 aromatic carbocycles. The van der Waals surface area contributed by atoms with Gasteiger partial charge < -0.3 is 14.9 Å². The molecule has 0 unspecified atom stereocenters. The summed E-state index contributed by atoms with van der Waals surface area (Å²) in [6, 6.07) is 0. The number of aryl methyl sites for hydroxylation is 1. The quantitative estimate of drug-likeness (QED) is 0.848. The summed E-state index contributed by atoms with van der Waals surface area (Å²) >= 11 is 0. The van der Waals surface area contributed by atoms with E-state index in [0.717, 1.165) is 25.5 Å². The molecular weight excluding hydrogens is 325 g/mol. The van der Waals surface area contributed by atoms with E-state index in [-0.39, 0.29) is 11.2 Å². The molecule has 1 aromatic rings. The molecule has 132 valence electrons. The number of amides is 1. The molecule has 1 N–H and O–H groups in total. The fourth-order valence-electron chi connectivity index (χ4n) is 3.57. The second-order valence-electron chi connectivity index (χ2n) is 6.60. The summed E-state index contributed by atoms with van der Waals surface area (Å²) < 4.78 is 38.6. The van der Waals surface area contributed by atoms with Crippen molar-refractivity contribution in [3.63, 3.8) is 0 Å². The number of piperidine rings is 1. The summed E-state index contributed by atoms with van der Waals surface area (Å²) in [6.45, 7) is 3.80. The molecule has 2 aliphatic rings. The van der Waals surface area contributed by atoms with Gasteiger partial charge in [-0.15, -0.1) is 0 Å². The van der Waals surface area contributed by atoms with Crippen LogP contribution in [0, 0.1) is 12.3 Å². The van der Waals surface area contributed by atoms with Gasteiger partial charge in [-0.25, -0.2) is 9.78 Å². The van der Waals surface area contributed by atoms with Crippen molar-refractivity contribution < 1.29 is 23.1 Å². The van der Waals surface area contributed by atoms with Gasteiger partial charge in [0.2, 0.25) is 0 Å². The van der Waals surface area contributed by atoms with Crippen LogP contribution in [0.5, 0.6) is 0 Å². The largest absolute Gasteiger partial charge is 0.465 e. The first-order chi connectivity index (χ1) is 11.2. The van der Waals surface area contributed by atoms with E-state index in [2.05, 4.69) is 9.97 Å². The van der Waals surface area contributed by atoms with Gasteiger partial charge in [-0.3, -0.25) is 4.98 Å². The van der Waals surface area contributed by atoms with Crippen LogP contribution in [0.4, 0.5) is 23.8 Å². The molecule has 1 aromatic heterocycles. The molecular formula is C15H19F3N4O2. The van der Waals surface area contributed by atoms with E-state index in [4.69, 9.17) is 5.11 Å². The van der Waals surface area contributed by atoms with Crippen LogP contribution in [-0.2, 0) is 6.18 Å². The molecule has 0 radical (unpaired) electrons. The Labute approximate surface area is 137 Å². The molecule has 1 spiro atoms. The molecule has 6 nitrogen and oxygen atoms in total. The smallest absolute Gasteiger partial charge is 0.434 e. The lowest BCUT2D eigenvalue weighted by Gasteiger charge is -2.38. The summed E-state index contributed by atoms with van der Waals surface area (Å²) in [5, 5.41) is 9.03. The van der Waals surface area contributed by atoms with Crippen LogP contribution in [0.15, 0.2) is 6.20 Å². The van der Waals surface area contributed by atoms with Crippen molar-refractivity contribution in [3.05, 3.63) is 17.6 Å². The van der Waals surface area contributed by atoms with Gasteiger partial charge in [0.05, 0.1) is 11.9 Å². The van der Waals surface area contributed by atoms with Gasteiger partial charge in [0, 0.05) is 26.2 Å². The van der Waals surface area contributed by atoms with E-state index in [1.54, 1.807) is 6.92 Å². The van der Waals surface area contributed by atoms with Crippen molar-refractivity contribution in [2.45, 2.75) is 32.4 Å². The third-order valence-corrected chi connectivity index (χ3v) is 5.05. The minimum atomic E-state index is -4.51. The van der Waals surface area contributed by atoms with E-state index in [1.165, 1.54) is 4.90 Å². The lowest BCUT2D eigenvalue weighted by atomic mass is 9.78. The molecule has 2 saturated heterocycles. The average molecular weight is 344 g/mol. The van der Waals surface area contributed by atoms with Gasteiger partial charge in [-0.2, -0.15) is 13.2 Å². The van der Waals surface area contributed by atoms with Crippen molar-refractivity contribution in [1.29, 1.82) is 0 Å². The molecule has 0 bridgehead atoms. The maximum absolute atomic E-state index is 12.9. The predicted octanol–water partition coefficient (Wildman–Crippen LogP) is 2.77. The molecule has 2 aliphatic heterocycles. The highest BCUT2D eigenvalue weighted by Gasteiger charge is 2.43. The van der Waals surface area contributed by atoms with Crippen LogP contribution in [0.1, 0.15) is 30.7 Å². The van der Waals surface area contributed by atoms with Gasteiger partial charge in [0.25, 0.3) is 0 Å². The number of carboxylic acid groups (broad SMARTS) is 1. The first-order valence-electron chi connectivity index (χ1n) is 7.84. The zero-order chi connectivity index (χ0) is 17.5. The Morgan fingerprint density at radius 2 is 1.88 bits per heavy atom. The number of alkyl halides is 3. The fraction of sp³-hybridized carbons (Fsp3) is 0.667. The van der Waals surface area contributed by atoms with Gasteiger partial charge in [-0.1, -0.05) is 0 Å². The molecule has 0 aliphatic carbocycles. The number of rotatable bonds is 1. The monoisotopic (exact) mass is 344 g/mol. The lowest BCUT2D eigenvalue weighted by Crippen LogP contribution is -2.43. The maximum atomic E-state index is 12.9. The van der Waals surface area contributed by atoms with E-state index >= 15 is 0 Å². The highest BCUT2D eigenvalue weighted by molar-refractivity contribution is 5.65. The molecule has 3 rings (SSSR count). The zero-order valence-electron chi connectivity index (χ0n) is 13.3. The minimum absolute atomic E-state index is 0.0473. The van der Waals surface area contributed by atoms with Crippen molar-refractivity contribution in [2.24, 2.45) is 5.41 Å². The third kappa shape index (κ3) is 3.11. The Morgan fingerprint density at radius 1 is 1.25 bits per heavy atom. The number of anilines is 1. The first-order valence-corrected chi connectivity index (χ1v) is 7.84. The summed E-state index contributed by atoms with van der Waals surface area (Å²) in [6.07, 6.45) is -2.39. The summed E-state index contributed by atoms with van der Waals surface area (Å²) in [5.74, 6) is 0.280. The zero-order valence-corrected chi connectivity index (χ0v) is 13.3. The molecule has 0 saturated carbocycles. The second kappa shape index (κ2) is 5.78. The van der Waals surface area contributed by atoms with Crippen LogP contribution in [-0.4, -0.2) is 52.2 Å². The Bertz CT molecular complexity index is 642. The Balaban J connectivity index is 1.76. The predicted molar refractivity (Wildman–Crippen MR) is 79.9 cm³/mol. The van der Waals surface area contributed by atoms with Gasteiger partial charge in [0.1, 0.15) is 0 Å². The standard InChI is InChI=1S/C15H19F3N4O2/c1-10-12(20-11(8-19-10)15(16,17)18)22-7-4-14(9-22)2-5-21(6-3-14)13(23)24/h8H,2-7,9H2,1H3,(H,23,24). The summed E-state index contributed by atoms with van der Waals surface area (Å²) in [7, 11) is 0. The third-order valence-electron chi connectivity index (χ3n) is 5.05. The molecule has 2 fully saturated rings. The fourth-order valence-corrected chi connectivity index (χ4v) is 3.57. The van der Waals surface area contributed by atoms with Crippen molar-refractivity contribution in [1.82, 2.24) is 14.9 Å². The normalized spacial score (nSPS) is 20.7. The van der Waals surface area contributed by atoms with Crippen LogP contribution in [0.2, 0.25) is 0 Å². The van der Waals surface area contributed by atoms with E-state index in [1.807, 2.05) is 4.90 Å². The van der Waals surface area contributed by atoms with E-state index < -0.39 is 18.0 Å². The number of likely N-dealkylation sites (tertiary alicyclic amines) is 1. The van der Waals surface area contributed by atoms with Crippen LogP contribution >= 0.6 is 0 Å². The summed E-state index contributed by atoms with van der Waals surface area (Å²) in [4.78, 5) is 21.9. The number of hydrogen-bond donors (Lipinski definition) is 1. The highest BCUT2D eigenvalue weighted by atomic mass is 19.4. The Kier molecular flexibility index (Phi) is 4.05. The number of halogens is 3. The number of aromatic nitrogens is 2. The van der Waals surface area contributed by atoms with Crippen LogP contribution in [0.25, 0.3) is 0 Å². The number of nitrogens with zero attached hydrogens (tertiary/aromatic N) is 4. The topological polar surface area (TPSA) is 69.6 Å². The van der Waals surface area contributed by atoms with Crippen molar-refractivity contribution in [3.8, 4) is 0 Å². The first kappa shape index (κ1) is 16.8.